The van der Waals surface area contributed by atoms with Gasteiger partial charge in [-0.3, -0.25) is 14.8 Å². The largest absolute Gasteiger partial charge is 0.340 e. The Bertz CT molecular complexity index is 1290. The number of carbonyl (C=O) groups excluding carboxylic acids is 1. The lowest BCUT2D eigenvalue weighted by Gasteiger charge is -2.10. The van der Waals surface area contributed by atoms with Gasteiger partial charge < -0.3 is 10.6 Å². The molecule has 1 amide bonds. The SMILES string of the molecule is CC#CC(=O)Nc1ccc2ncnc(Nc3ccc(Cc4cnc(C)cn4)cc3)c2c1. The second kappa shape index (κ2) is 9.01. The Morgan fingerprint density at radius 1 is 0.968 bits per heavy atom. The van der Waals surface area contributed by atoms with Gasteiger partial charge in [0.25, 0.3) is 5.91 Å². The number of benzene rings is 2. The topological polar surface area (TPSA) is 92.7 Å². The molecule has 0 aliphatic rings. The molecule has 0 atom stereocenters. The van der Waals surface area contributed by atoms with Crippen LogP contribution in [0.2, 0.25) is 0 Å². The summed E-state index contributed by atoms with van der Waals surface area (Å²) in [6.07, 6.45) is 5.80. The zero-order valence-electron chi connectivity index (χ0n) is 17.2. The molecule has 0 unspecified atom stereocenters. The minimum Gasteiger partial charge on any atom is -0.340 e. The zero-order chi connectivity index (χ0) is 21.6. The molecular formula is C24H20N6O. The Morgan fingerprint density at radius 3 is 2.52 bits per heavy atom. The predicted molar refractivity (Wildman–Crippen MR) is 121 cm³/mol. The first kappa shape index (κ1) is 20.0. The Hall–Kier alpha value is -4.31. The fourth-order valence-electron chi connectivity index (χ4n) is 3.07. The minimum absolute atomic E-state index is 0.359. The molecule has 4 rings (SSSR count). The standard InChI is InChI=1S/C24H20N6O/c1-3-4-23(31)29-19-9-10-22-21(12-19)24(28-15-27-22)30-18-7-5-17(6-8-18)11-20-14-25-16(2)13-26-20/h5-10,12-15H,11H2,1-2H3,(H,29,31)(H,27,28,30). The van der Waals surface area contributed by atoms with Crippen LogP contribution >= 0.6 is 0 Å². The highest BCUT2D eigenvalue weighted by atomic mass is 16.1. The highest BCUT2D eigenvalue weighted by molar-refractivity contribution is 6.05. The van der Waals surface area contributed by atoms with Gasteiger partial charge >= 0.3 is 0 Å². The maximum atomic E-state index is 11.8. The summed E-state index contributed by atoms with van der Waals surface area (Å²) in [4.78, 5) is 29.1. The Morgan fingerprint density at radius 2 is 1.77 bits per heavy atom. The molecule has 0 fully saturated rings. The lowest BCUT2D eigenvalue weighted by atomic mass is 10.1. The van der Waals surface area contributed by atoms with Gasteiger partial charge in [-0.2, -0.15) is 0 Å². The van der Waals surface area contributed by atoms with Gasteiger partial charge in [0.05, 0.1) is 16.9 Å². The molecule has 0 saturated carbocycles. The van der Waals surface area contributed by atoms with Gasteiger partial charge in [0.1, 0.15) is 12.1 Å². The number of carbonyl (C=O) groups is 1. The summed E-state index contributed by atoms with van der Waals surface area (Å²) < 4.78 is 0. The van der Waals surface area contributed by atoms with Crippen LogP contribution in [0.5, 0.6) is 0 Å². The van der Waals surface area contributed by atoms with Crippen LogP contribution in [0.15, 0.2) is 61.2 Å². The molecule has 31 heavy (non-hydrogen) atoms. The van der Waals surface area contributed by atoms with Gasteiger partial charge in [-0.25, -0.2) is 9.97 Å². The van der Waals surface area contributed by atoms with Crippen LogP contribution in [0, 0.1) is 18.8 Å². The van der Waals surface area contributed by atoms with Crippen LogP contribution in [0.25, 0.3) is 10.9 Å². The van der Waals surface area contributed by atoms with E-state index in [1.807, 2.05) is 43.3 Å². The smallest absolute Gasteiger partial charge is 0.300 e. The van der Waals surface area contributed by atoms with E-state index in [0.717, 1.165) is 33.5 Å². The molecular weight excluding hydrogens is 388 g/mol. The summed E-state index contributed by atoms with van der Waals surface area (Å²) in [7, 11) is 0. The van der Waals surface area contributed by atoms with Crippen molar-refractivity contribution < 1.29 is 4.79 Å². The molecule has 2 N–H and O–H groups in total. The number of hydrogen-bond acceptors (Lipinski definition) is 6. The van der Waals surface area contributed by atoms with Crippen molar-refractivity contribution in [1.29, 1.82) is 0 Å². The summed E-state index contributed by atoms with van der Waals surface area (Å²) >= 11 is 0. The fourth-order valence-corrected chi connectivity index (χ4v) is 3.07. The predicted octanol–water partition coefficient (Wildman–Crippen LogP) is 4.02. The van der Waals surface area contributed by atoms with E-state index in [2.05, 4.69) is 42.4 Å². The van der Waals surface area contributed by atoms with Crippen molar-refractivity contribution in [2.75, 3.05) is 10.6 Å². The molecule has 0 aliphatic heterocycles. The number of amides is 1. The number of nitrogens with one attached hydrogen (secondary N) is 2. The van der Waals surface area contributed by atoms with E-state index in [1.54, 1.807) is 25.4 Å². The number of anilines is 3. The van der Waals surface area contributed by atoms with E-state index in [4.69, 9.17) is 0 Å². The Balaban J connectivity index is 1.53. The maximum absolute atomic E-state index is 11.8. The van der Waals surface area contributed by atoms with Crippen molar-refractivity contribution in [3.8, 4) is 11.8 Å². The van der Waals surface area contributed by atoms with Gasteiger partial charge in [-0.1, -0.05) is 18.1 Å². The van der Waals surface area contributed by atoms with Crippen LogP contribution in [0.3, 0.4) is 0 Å². The zero-order valence-corrected chi connectivity index (χ0v) is 17.2. The molecule has 152 valence electrons. The first-order valence-corrected chi connectivity index (χ1v) is 9.73. The third kappa shape index (κ3) is 5.00. The summed E-state index contributed by atoms with van der Waals surface area (Å²) in [5.74, 6) is 5.34. The van der Waals surface area contributed by atoms with Crippen LogP contribution in [0.1, 0.15) is 23.9 Å². The first-order chi connectivity index (χ1) is 15.1. The van der Waals surface area contributed by atoms with Crippen molar-refractivity contribution in [3.63, 3.8) is 0 Å². The molecule has 2 aromatic carbocycles. The molecule has 0 radical (unpaired) electrons. The second-order valence-corrected chi connectivity index (χ2v) is 6.93. The highest BCUT2D eigenvalue weighted by Crippen LogP contribution is 2.26. The molecule has 0 saturated heterocycles. The molecule has 0 bridgehead atoms. The number of rotatable bonds is 5. The number of nitrogens with zero attached hydrogens (tertiary/aromatic N) is 4. The number of aromatic nitrogens is 4. The number of aryl methyl sites for hydroxylation is 1. The van der Waals surface area contributed by atoms with Crippen molar-refractivity contribution >= 4 is 34.0 Å². The summed E-state index contributed by atoms with van der Waals surface area (Å²) in [5.41, 5.74) is 5.26. The van der Waals surface area contributed by atoms with Gasteiger partial charge in [-0.05, 0) is 55.7 Å². The monoisotopic (exact) mass is 408 g/mol. The second-order valence-electron chi connectivity index (χ2n) is 6.93. The van der Waals surface area contributed by atoms with Crippen LogP contribution in [-0.4, -0.2) is 25.8 Å². The summed E-state index contributed by atoms with van der Waals surface area (Å²) in [5, 5.41) is 6.88. The summed E-state index contributed by atoms with van der Waals surface area (Å²) in [6, 6.07) is 13.5. The van der Waals surface area contributed by atoms with Gasteiger partial charge in [-0.15, -0.1) is 0 Å². The van der Waals surface area contributed by atoms with Crippen LogP contribution < -0.4 is 10.6 Å². The summed E-state index contributed by atoms with van der Waals surface area (Å²) in [6.45, 7) is 3.54. The molecule has 7 heteroatoms. The van der Waals surface area contributed by atoms with E-state index < -0.39 is 0 Å². The molecule has 0 spiro atoms. The molecule has 0 aliphatic carbocycles. The van der Waals surface area contributed by atoms with Crippen LogP contribution in [-0.2, 0) is 11.2 Å². The van der Waals surface area contributed by atoms with Crippen molar-refractivity contribution in [1.82, 2.24) is 19.9 Å². The van der Waals surface area contributed by atoms with E-state index in [0.29, 0.717) is 17.9 Å². The molecule has 7 nitrogen and oxygen atoms in total. The lowest BCUT2D eigenvalue weighted by molar-refractivity contribution is -0.111. The van der Waals surface area contributed by atoms with Crippen LogP contribution in [0.4, 0.5) is 17.2 Å². The average molecular weight is 408 g/mol. The minimum atomic E-state index is -0.359. The Labute approximate surface area is 180 Å². The third-order valence-electron chi connectivity index (χ3n) is 4.57. The van der Waals surface area contributed by atoms with E-state index in [1.165, 1.54) is 6.33 Å². The molecule has 4 aromatic rings. The first-order valence-electron chi connectivity index (χ1n) is 9.73. The number of fused-ring (bicyclic) bond motifs is 1. The third-order valence-corrected chi connectivity index (χ3v) is 4.57. The van der Waals surface area contributed by atoms with Crippen molar-refractivity contribution in [3.05, 3.63) is 78.1 Å². The van der Waals surface area contributed by atoms with E-state index in [9.17, 15) is 4.79 Å². The Kier molecular flexibility index (Phi) is 5.81. The number of hydrogen-bond donors (Lipinski definition) is 2. The van der Waals surface area contributed by atoms with Crippen molar-refractivity contribution in [2.24, 2.45) is 0 Å². The molecule has 2 heterocycles. The average Bonchev–Trinajstić information content (AvgIpc) is 2.77. The highest BCUT2D eigenvalue weighted by Gasteiger charge is 2.07. The normalized spacial score (nSPS) is 10.3. The fraction of sp³-hybridized carbons (Fsp3) is 0.125. The van der Waals surface area contributed by atoms with Crippen molar-refractivity contribution in [2.45, 2.75) is 20.3 Å². The van der Waals surface area contributed by atoms with Gasteiger partial charge in [0, 0.05) is 35.6 Å². The van der Waals surface area contributed by atoms with Gasteiger partial charge in [0.15, 0.2) is 0 Å². The van der Waals surface area contributed by atoms with E-state index >= 15 is 0 Å². The maximum Gasteiger partial charge on any atom is 0.300 e. The van der Waals surface area contributed by atoms with Gasteiger partial charge in [0.2, 0.25) is 0 Å². The lowest BCUT2D eigenvalue weighted by Crippen LogP contribution is -2.08. The molecule has 2 aromatic heterocycles. The quantitative estimate of drug-likeness (QED) is 0.485. The van der Waals surface area contributed by atoms with E-state index in [-0.39, 0.29) is 5.91 Å².